The minimum Gasteiger partial charge on any atom is -0.380 e. The van der Waals surface area contributed by atoms with Gasteiger partial charge in [0.25, 0.3) is 0 Å². The SMILES string of the molecule is CCOCCNC(=NC)NCCN1CCCCC1CC. The number of piperidine rings is 1. The second-order valence-corrected chi connectivity index (χ2v) is 5.22. The van der Waals surface area contributed by atoms with Gasteiger partial charge < -0.3 is 15.4 Å². The molecule has 0 spiro atoms. The zero-order chi connectivity index (χ0) is 14.6. The highest BCUT2D eigenvalue weighted by atomic mass is 16.5. The highest BCUT2D eigenvalue weighted by molar-refractivity contribution is 5.79. The Morgan fingerprint density at radius 1 is 1.25 bits per heavy atom. The van der Waals surface area contributed by atoms with E-state index in [0.717, 1.165) is 44.8 Å². The molecule has 0 aromatic rings. The van der Waals surface area contributed by atoms with E-state index in [2.05, 4.69) is 27.4 Å². The van der Waals surface area contributed by atoms with E-state index in [1.54, 1.807) is 0 Å². The van der Waals surface area contributed by atoms with Crippen LogP contribution in [-0.2, 0) is 4.74 Å². The zero-order valence-electron chi connectivity index (χ0n) is 13.5. The Hall–Kier alpha value is -0.810. The topological polar surface area (TPSA) is 48.9 Å². The lowest BCUT2D eigenvalue weighted by Gasteiger charge is -2.35. The standard InChI is InChI=1S/C15H32N4O/c1-4-14-8-6-7-11-19(14)12-9-17-15(16-3)18-10-13-20-5-2/h14H,4-13H2,1-3H3,(H2,16,17,18). The van der Waals surface area contributed by atoms with Crippen molar-refractivity contribution in [3.05, 3.63) is 0 Å². The summed E-state index contributed by atoms with van der Waals surface area (Å²) in [4.78, 5) is 6.84. The van der Waals surface area contributed by atoms with E-state index in [1.165, 1.54) is 32.2 Å². The second kappa shape index (κ2) is 10.9. The summed E-state index contributed by atoms with van der Waals surface area (Å²) in [5, 5.41) is 6.64. The minimum atomic E-state index is 0.723. The number of hydrogen-bond donors (Lipinski definition) is 2. The zero-order valence-corrected chi connectivity index (χ0v) is 13.5. The highest BCUT2D eigenvalue weighted by Gasteiger charge is 2.19. The van der Waals surface area contributed by atoms with Gasteiger partial charge in [-0.3, -0.25) is 9.89 Å². The van der Waals surface area contributed by atoms with Crippen molar-refractivity contribution in [2.75, 3.05) is 46.4 Å². The van der Waals surface area contributed by atoms with Gasteiger partial charge in [0.2, 0.25) is 0 Å². The molecule has 1 rings (SSSR count). The number of ether oxygens (including phenoxy) is 1. The average Bonchev–Trinajstić information content (AvgIpc) is 2.50. The number of likely N-dealkylation sites (tertiary alicyclic amines) is 1. The Balaban J connectivity index is 2.17. The molecular formula is C15H32N4O. The molecule has 5 heteroatoms. The van der Waals surface area contributed by atoms with E-state index in [4.69, 9.17) is 4.74 Å². The molecule has 0 aromatic heterocycles. The Labute approximate surface area is 124 Å². The smallest absolute Gasteiger partial charge is 0.191 e. The van der Waals surface area contributed by atoms with Crippen molar-refractivity contribution in [3.8, 4) is 0 Å². The summed E-state index contributed by atoms with van der Waals surface area (Å²) in [5.41, 5.74) is 0. The first-order chi connectivity index (χ1) is 9.81. The molecular weight excluding hydrogens is 252 g/mol. The van der Waals surface area contributed by atoms with Gasteiger partial charge in [-0.25, -0.2) is 0 Å². The number of nitrogens with zero attached hydrogens (tertiary/aromatic N) is 2. The molecule has 1 aliphatic rings. The molecule has 1 unspecified atom stereocenters. The fourth-order valence-electron chi connectivity index (χ4n) is 2.74. The molecule has 2 N–H and O–H groups in total. The molecule has 1 saturated heterocycles. The van der Waals surface area contributed by atoms with E-state index in [9.17, 15) is 0 Å². The van der Waals surface area contributed by atoms with E-state index >= 15 is 0 Å². The molecule has 0 aliphatic carbocycles. The maximum absolute atomic E-state index is 5.30. The van der Waals surface area contributed by atoms with Crippen molar-refractivity contribution in [2.45, 2.75) is 45.6 Å². The molecule has 118 valence electrons. The molecule has 0 saturated carbocycles. The van der Waals surface area contributed by atoms with Gasteiger partial charge in [-0.1, -0.05) is 13.3 Å². The quantitative estimate of drug-likeness (QED) is 0.402. The van der Waals surface area contributed by atoms with Crippen molar-refractivity contribution < 1.29 is 4.74 Å². The number of aliphatic imine (C=N–C) groups is 1. The van der Waals surface area contributed by atoms with E-state index in [-0.39, 0.29) is 0 Å². The Morgan fingerprint density at radius 3 is 2.75 bits per heavy atom. The summed E-state index contributed by atoms with van der Waals surface area (Å²) in [6.07, 6.45) is 5.36. The number of guanidine groups is 1. The molecule has 1 aliphatic heterocycles. The van der Waals surface area contributed by atoms with Crippen LogP contribution in [0.1, 0.15) is 39.5 Å². The van der Waals surface area contributed by atoms with Crippen LogP contribution in [0.4, 0.5) is 0 Å². The van der Waals surface area contributed by atoms with Gasteiger partial charge in [-0.15, -0.1) is 0 Å². The van der Waals surface area contributed by atoms with E-state index < -0.39 is 0 Å². The van der Waals surface area contributed by atoms with Crippen molar-refractivity contribution in [2.24, 2.45) is 4.99 Å². The van der Waals surface area contributed by atoms with Crippen molar-refractivity contribution in [1.82, 2.24) is 15.5 Å². The summed E-state index contributed by atoms with van der Waals surface area (Å²) < 4.78 is 5.30. The van der Waals surface area contributed by atoms with Gasteiger partial charge in [-0.05, 0) is 32.7 Å². The van der Waals surface area contributed by atoms with Crippen LogP contribution >= 0.6 is 0 Å². The molecule has 5 nitrogen and oxygen atoms in total. The Morgan fingerprint density at radius 2 is 2.05 bits per heavy atom. The van der Waals surface area contributed by atoms with Crippen LogP contribution in [-0.4, -0.2) is 63.3 Å². The Kier molecular flexibility index (Phi) is 9.41. The highest BCUT2D eigenvalue weighted by Crippen LogP contribution is 2.18. The monoisotopic (exact) mass is 284 g/mol. The third-order valence-corrected chi connectivity index (χ3v) is 3.88. The molecule has 0 radical (unpaired) electrons. The summed E-state index contributed by atoms with van der Waals surface area (Å²) in [5.74, 6) is 0.870. The van der Waals surface area contributed by atoms with Crippen LogP contribution in [0.15, 0.2) is 4.99 Å². The fourth-order valence-corrected chi connectivity index (χ4v) is 2.74. The first-order valence-corrected chi connectivity index (χ1v) is 8.08. The van der Waals surface area contributed by atoms with Crippen LogP contribution in [0.3, 0.4) is 0 Å². The minimum absolute atomic E-state index is 0.723. The summed E-state index contributed by atoms with van der Waals surface area (Å²) >= 11 is 0. The van der Waals surface area contributed by atoms with Crippen LogP contribution in [0.25, 0.3) is 0 Å². The van der Waals surface area contributed by atoms with Gasteiger partial charge in [-0.2, -0.15) is 0 Å². The van der Waals surface area contributed by atoms with Crippen molar-refractivity contribution in [1.29, 1.82) is 0 Å². The molecule has 1 fully saturated rings. The Bertz CT molecular complexity index is 271. The third kappa shape index (κ3) is 6.57. The second-order valence-electron chi connectivity index (χ2n) is 5.22. The van der Waals surface area contributed by atoms with E-state index in [0.29, 0.717) is 0 Å². The maximum atomic E-state index is 5.30. The fraction of sp³-hybridized carbons (Fsp3) is 0.933. The number of hydrogen-bond acceptors (Lipinski definition) is 3. The lowest BCUT2D eigenvalue weighted by atomic mass is 10.0. The van der Waals surface area contributed by atoms with E-state index in [1.807, 2.05) is 14.0 Å². The van der Waals surface area contributed by atoms with Gasteiger partial charge in [0.15, 0.2) is 5.96 Å². The molecule has 0 aromatic carbocycles. The molecule has 0 amide bonds. The lowest BCUT2D eigenvalue weighted by molar-refractivity contribution is 0.146. The molecule has 0 bridgehead atoms. The first-order valence-electron chi connectivity index (χ1n) is 8.08. The average molecular weight is 284 g/mol. The summed E-state index contributed by atoms with van der Waals surface area (Å²) in [6.45, 7) is 9.89. The summed E-state index contributed by atoms with van der Waals surface area (Å²) in [6, 6.07) is 0.776. The van der Waals surface area contributed by atoms with Crippen LogP contribution in [0.5, 0.6) is 0 Å². The first kappa shape index (κ1) is 17.2. The van der Waals surface area contributed by atoms with Gasteiger partial charge in [0.1, 0.15) is 0 Å². The summed E-state index contributed by atoms with van der Waals surface area (Å²) in [7, 11) is 1.81. The van der Waals surface area contributed by atoms with Crippen molar-refractivity contribution >= 4 is 5.96 Å². The third-order valence-electron chi connectivity index (χ3n) is 3.88. The number of rotatable bonds is 8. The van der Waals surface area contributed by atoms with Gasteiger partial charge >= 0.3 is 0 Å². The van der Waals surface area contributed by atoms with Crippen LogP contribution in [0, 0.1) is 0 Å². The number of nitrogens with one attached hydrogen (secondary N) is 2. The van der Waals surface area contributed by atoms with Crippen LogP contribution in [0.2, 0.25) is 0 Å². The van der Waals surface area contributed by atoms with Crippen molar-refractivity contribution in [3.63, 3.8) is 0 Å². The van der Waals surface area contributed by atoms with Gasteiger partial charge in [0, 0.05) is 39.3 Å². The van der Waals surface area contributed by atoms with Crippen LogP contribution < -0.4 is 10.6 Å². The van der Waals surface area contributed by atoms with Gasteiger partial charge in [0.05, 0.1) is 6.61 Å². The molecule has 1 heterocycles. The largest absolute Gasteiger partial charge is 0.380 e. The predicted octanol–water partition coefficient (Wildman–Crippen LogP) is 1.45. The molecule has 1 atom stereocenters. The maximum Gasteiger partial charge on any atom is 0.191 e. The molecule has 20 heavy (non-hydrogen) atoms. The lowest BCUT2D eigenvalue weighted by Crippen LogP contribution is -2.46. The predicted molar refractivity (Wildman–Crippen MR) is 85.4 cm³/mol. The normalized spacial score (nSPS) is 20.9.